The first kappa shape index (κ1) is 20.1. The Morgan fingerprint density at radius 3 is 2.57 bits per heavy atom. The van der Waals surface area contributed by atoms with Crippen LogP contribution >= 0.6 is 11.3 Å². The molecule has 5 nitrogen and oxygen atoms in total. The first-order valence-electron chi connectivity index (χ1n) is 9.44. The van der Waals surface area contributed by atoms with Crippen LogP contribution in [0.15, 0.2) is 35.7 Å². The summed E-state index contributed by atoms with van der Waals surface area (Å²) in [7, 11) is 1.84. The van der Waals surface area contributed by atoms with Crippen molar-refractivity contribution in [2.75, 3.05) is 7.05 Å². The highest BCUT2D eigenvalue weighted by molar-refractivity contribution is 7.12. The van der Waals surface area contributed by atoms with Crippen molar-refractivity contribution in [2.24, 2.45) is 0 Å². The van der Waals surface area contributed by atoms with Crippen molar-refractivity contribution in [1.82, 2.24) is 14.7 Å². The standard InChI is InChI=1S/C22H27N3O2S/c1-6-25-17(4)20(16(3)23-25)12-24(5)22(26)21-11-18(14-28-21)13-27-19-9-7-15(2)8-10-19/h7-11,14H,6,12-13H2,1-5H3. The summed E-state index contributed by atoms with van der Waals surface area (Å²) in [5.41, 5.74) is 5.44. The van der Waals surface area contributed by atoms with Crippen molar-refractivity contribution in [2.45, 2.75) is 47.4 Å². The van der Waals surface area contributed by atoms with Crippen LogP contribution < -0.4 is 4.74 Å². The number of aromatic nitrogens is 2. The van der Waals surface area contributed by atoms with Crippen molar-refractivity contribution < 1.29 is 9.53 Å². The number of carbonyl (C=O) groups is 1. The molecule has 0 aliphatic carbocycles. The molecule has 1 amide bonds. The van der Waals surface area contributed by atoms with Crippen LogP contribution in [0, 0.1) is 20.8 Å². The fraction of sp³-hybridized carbons (Fsp3) is 0.364. The van der Waals surface area contributed by atoms with Crippen molar-refractivity contribution in [3.05, 3.63) is 68.7 Å². The number of ether oxygens (including phenoxy) is 1. The second kappa shape index (κ2) is 8.61. The Bertz CT molecular complexity index is 957. The zero-order valence-corrected chi connectivity index (χ0v) is 18.0. The second-order valence-electron chi connectivity index (χ2n) is 7.05. The first-order valence-corrected chi connectivity index (χ1v) is 10.3. The van der Waals surface area contributed by atoms with Gasteiger partial charge in [-0.1, -0.05) is 17.7 Å². The highest BCUT2D eigenvalue weighted by Crippen LogP contribution is 2.21. The SMILES string of the molecule is CCn1nc(C)c(CN(C)C(=O)c2cc(COc3ccc(C)cc3)cs2)c1C. The minimum absolute atomic E-state index is 0.0228. The number of rotatable bonds is 7. The molecular formula is C22H27N3O2S. The van der Waals surface area contributed by atoms with Crippen LogP contribution in [-0.2, 0) is 19.7 Å². The summed E-state index contributed by atoms with van der Waals surface area (Å²) in [4.78, 5) is 15.3. The average molecular weight is 398 g/mol. The third kappa shape index (κ3) is 4.44. The van der Waals surface area contributed by atoms with Crippen molar-refractivity contribution >= 4 is 17.2 Å². The van der Waals surface area contributed by atoms with E-state index in [0.717, 1.165) is 39.7 Å². The maximum atomic E-state index is 12.8. The summed E-state index contributed by atoms with van der Waals surface area (Å²) in [6.07, 6.45) is 0. The topological polar surface area (TPSA) is 47.4 Å². The molecule has 0 atom stereocenters. The van der Waals surface area contributed by atoms with Gasteiger partial charge < -0.3 is 9.64 Å². The van der Waals surface area contributed by atoms with Crippen LogP contribution in [0.4, 0.5) is 0 Å². The lowest BCUT2D eigenvalue weighted by Gasteiger charge is -2.16. The molecule has 0 spiro atoms. The maximum absolute atomic E-state index is 12.8. The van der Waals surface area contributed by atoms with E-state index in [0.29, 0.717) is 13.2 Å². The molecule has 1 aromatic carbocycles. The first-order chi connectivity index (χ1) is 13.4. The number of hydrogen-bond donors (Lipinski definition) is 0. The second-order valence-corrected chi connectivity index (χ2v) is 7.96. The fourth-order valence-electron chi connectivity index (χ4n) is 3.13. The van der Waals surface area contributed by atoms with Crippen molar-refractivity contribution in [3.63, 3.8) is 0 Å². The lowest BCUT2D eigenvalue weighted by Crippen LogP contribution is -2.26. The lowest BCUT2D eigenvalue weighted by molar-refractivity contribution is 0.0789. The van der Waals surface area contributed by atoms with Crippen LogP contribution in [0.5, 0.6) is 5.75 Å². The molecule has 0 N–H and O–H groups in total. The van der Waals surface area contributed by atoms with Gasteiger partial charge in [-0.05, 0) is 51.3 Å². The molecule has 2 heterocycles. The zero-order valence-electron chi connectivity index (χ0n) is 17.2. The summed E-state index contributed by atoms with van der Waals surface area (Å²) >= 11 is 1.46. The van der Waals surface area contributed by atoms with E-state index in [1.807, 2.05) is 61.3 Å². The molecule has 0 aliphatic heterocycles. The number of aryl methyl sites for hydroxylation is 3. The van der Waals surface area contributed by atoms with E-state index in [1.54, 1.807) is 4.90 Å². The zero-order chi connectivity index (χ0) is 20.3. The van der Waals surface area contributed by atoms with E-state index in [4.69, 9.17) is 4.74 Å². The van der Waals surface area contributed by atoms with Crippen LogP contribution in [-0.4, -0.2) is 27.6 Å². The number of benzene rings is 1. The van der Waals surface area contributed by atoms with Gasteiger partial charge in [0.1, 0.15) is 12.4 Å². The molecule has 0 fully saturated rings. The molecule has 3 aromatic rings. The summed E-state index contributed by atoms with van der Waals surface area (Å²) in [5.74, 6) is 0.857. The minimum Gasteiger partial charge on any atom is -0.489 e. The van der Waals surface area contributed by atoms with E-state index in [2.05, 4.69) is 18.9 Å². The molecule has 0 radical (unpaired) electrons. The van der Waals surface area contributed by atoms with Gasteiger partial charge >= 0.3 is 0 Å². The number of hydrogen-bond acceptors (Lipinski definition) is 4. The Hall–Kier alpha value is -2.60. The Morgan fingerprint density at radius 1 is 1.21 bits per heavy atom. The largest absolute Gasteiger partial charge is 0.489 e. The molecule has 2 aromatic heterocycles. The molecule has 148 valence electrons. The quantitative estimate of drug-likeness (QED) is 0.578. The highest BCUT2D eigenvalue weighted by atomic mass is 32.1. The van der Waals surface area contributed by atoms with Gasteiger partial charge in [0.25, 0.3) is 5.91 Å². The minimum atomic E-state index is 0.0228. The van der Waals surface area contributed by atoms with Gasteiger partial charge in [-0.2, -0.15) is 5.10 Å². The third-order valence-electron chi connectivity index (χ3n) is 4.86. The van der Waals surface area contributed by atoms with E-state index < -0.39 is 0 Å². The maximum Gasteiger partial charge on any atom is 0.263 e. The molecule has 3 rings (SSSR count). The summed E-state index contributed by atoms with van der Waals surface area (Å²) in [6, 6.07) is 9.90. The van der Waals surface area contributed by atoms with Gasteiger partial charge in [0.05, 0.1) is 10.6 Å². The summed E-state index contributed by atoms with van der Waals surface area (Å²) < 4.78 is 7.79. The van der Waals surface area contributed by atoms with Crippen LogP contribution in [0.25, 0.3) is 0 Å². The number of amides is 1. The predicted octanol–water partition coefficient (Wildman–Crippen LogP) is 4.74. The van der Waals surface area contributed by atoms with E-state index >= 15 is 0 Å². The van der Waals surface area contributed by atoms with Crippen LogP contribution in [0.3, 0.4) is 0 Å². The Morgan fingerprint density at radius 2 is 1.93 bits per heavy atom. The molecule has 0 saturated carbocycles. The summed E-state index contributed by atoms with van der Waals surface area (Å²) in [5, 5.41) is 6.53. The predicted molar refractivity (Wildman–Crippen MR) is 113 cm³/mol. The molecule has 0 bridgehead atoms. The average Bonchev–Trinajstić information content (AvgIpc) is 3.26. The van der Waals surface area contributed by atoms with Gasteiger partial charge in [-0.15, -0.1) is 11.3 Å². The molecular weight excluding hydrogens is 370 g/mol. The molecule has 6 heteroatoms. The molecule has 0 saturated heterocycles. The lowest BCUT2D eigenvalue weighted by atomic mass is 10.2. The highest BCUT2D eigenvalue weighted by Gasteiger charge is 2.18. The number of thiophene rings is 1. The van der Waals surface area contributed by atoms with Gasteiger partial charge in [0, 0.05) is 37.0 Å². The number of nitrogens with zero attached hydrogens (tertiary/aromatic N) is 3. The molecule has 28 heavy (non-hydrogen) atoms. The Kier molecular flexibility index (Phi) is 6.19. The van der Waals surface area contributed by atoms with E-state index in [-0.39, 0.29) is 5.91 Å². The van der Waals surface area contributed by atoms with Gasteiger partial charge in [0.2, 0.25) is 0 Å². The normalized spacial score (nSPS) is 10.9. The van der Waals surface area contributed by atoms with E-state index in [9.17, 15) is 4.79 Å². The van der Waals surface area contributed by atoms with Crippen LogP contribution in [0.1, 0.15) is 44.7 Å². The molecule has 0 unspecified atom stereocenters. The number of carbonyl (C=O) groups excluding carboxylic acids is 1. The monoisotopic (exact) mass is 397 g/mol. The van der Waals surface area contributed by atoms with Gasteiger partial charge in [0.15, 0.2) is 0 Å². The van der Waals surface area contributed by atoms with Crippen LogP contribution in [0.2, 0.25) is 0 Å². The Balaban J connectivity index is 1.63. The smallest absolute Gasteiger partial charge is 0.263 e. The van der Waals surface area contributed by atoms with Crippen molar-refractivity contribution in [3.8, 4) is 5.75 Å². The molecule has 0 aliphatic rings. The Labute approximate surface area is 170 Å². The van der Waals surface area contributed by atoms with Gasteiger partial charge in [-0.25, -0.2) is 0 Å². The van der Waals surface area contributed by atoms with Gasteiger partial charge in [-0.3, -0.25) is 9.48 Å². The van der Waals surface area contributed by atoms with E-state index in [1.165, 1.54) is 16.9 Å². The third-order valence-corrected chi connectivity index (χ3v) is 5.83. The summed E-state index contributed by atoms with van der Waals surface area (Å²) in [6.45, 7) is 10.0. The fourth-order valence-corrected chi connectivity index (χ4v) is 4.02. The van der Waals surface area contributed by atoms with Crippen molar-refractivity contribution in [1.29, 1.82) is 0 Å².